The summed E-state index contributed by atoms with van der Waals surface area (Å²) in [6.07, 6.45) is 1.94. The van der Waals surface area contributed by atoms with Crippen molar-refractivity contribution < 1.29 is 21.2 Å². The fourth-order valence-electron chi connectivity index (χ4n) is 1.71. The van der Waals surface area contributed by atoms with Crippen LogP contribution in [0, 0.1) is 5.82 Å². The quantitative estimate of drug-likeness (QED) is 0.753. The van der Waals surface area contributed by atoms with E-state index in [2.05, 4.69) is 6.58 Å². The molecular formula is C12H17FN2O4S2. The number of nitrogens with zero attached hydrogens (tertiary/aromatic N) is 1. The van der Waals surface area contributed by atoms with Crippen molar-refractivity contribution in [1.82, 2.24) is 4.31 Å². The van der Waals surface area contributed by atoms with E-state index in [-0.39, 0.29) is 13.1 Å². The molecule has 0 fully saturated rings. The van der Waals surface area contributed by atoms with Crippen LogP contribution in [0.1, 0.15) is 13.3 Å². The zero-order valence-electron chi connectivity index (χ0n) is 11.5. The highest BCUT2D eigenvalue weighted by atomic mass is 32.2. The molecule has 0 saturated carbocycles. The normalized spacial score (nSPS) is 12.6. The van der Waals surface area contributed by atoms with Gasteiger partial charge in [0.25, 0.3) is 0 Å². The van der Waals surface area contributed by atoms with Gasteiger partial charge in [0, 0.05) is 13.1 Å². The molecule has 1 rings (SSSR count). The molecule has 0 atom stereocenters. The van der Waals surface area contributed by atoms with Crippen LogP contribution < -0.4 is 5.14 Å². The lowest BCUT2D eigenvalue weighted by Gasteiger charge is -2.20. The zero-order valence-corrected chi connectivity index (χ0v) is 13.1. The predicted octanol–water partition coefficient (Wildman–Crippen LogP) is 1.06. The van der Waals surface area contributed by atoms with E-state index in [0.29, 0.717) is 12.5 Å². The Bertz CT molecular complexity index is 730. The number of halogens is 1. The van der Waals surface area contributed by atoms with Gasteiger partial charge in [-0.05, 0) is 24.6 Å². The maximum Gasteiger partial charge on any atom is 0.246 e. The topological polar surface area (TPSA) is 97.5 Å². The summed E-state index contributed by atoms with van der Waals surface area (Å²) in [6, 6.07) is 2.46. The lowest BCUT2D eigenvalue weighted by atomic mass is 10.3. The van der Waals surface area contributed by atoms with Gasteiger partial charge >= 0.3 is 0 Å². The molecule has 1 aromatic carbocycles. The number of hydrogen-bond donors (Lipinski definition) is 1. The molecule has 0 aromatic heterocycles. The molecule has 0 aliphatic rings. The van der Waals surface area contributed by atoms with Gasteiger partial charge in [-0.3, -0.25) is 0 Å². The Labute approximate surface area is 124 Å². The first-order valence-corrected chi connectivity index (χ1v) is 9.06. The van der Waals surface area contributed by atoms with Crippen molar-refractivity contribution in [3.05, 3.63) is 36.7 Å². The minimum Gasteiger partial charge on any atom is -0.225 e. The van der Waals surface area contributed by atoms with E-state index in [1.54, 1.807) is 6.92 Å². The van der Waals surface area contributed by atoms with E-state index in [9.17, 15) is 21.2 Å². The van der Waals surface area contributed by atoms with Crippen LogP contribution in [0.2, 0.25) is 0 Å². The van der Waals surface area contributed by atoms with Crippen molar-refractivity contribution in [2.45, 2.75) is 23.1 Å². The maximum atomic E-state index is 14.0. The number of primary sulfonamides is 1. The van der Waals surface area contributed by atoms with Gasteiger partial charge in [0.15, 0.2) is 0 Å². The van der Waals surface area contributed by atoms with Crippen molar-refractivity contribution in [1.29, 1.82) is 0 Å². The van der Waals surface area contributed by atoms with E-state index in [1.165, 1.54) is 6.08 Å². The molecule has 0 saturated heterocycles. The van der Waals surface area contributed by atoms with Crippen molar-refractivity contribution >= 4 is 20.0 Å². The van der Waals surface area contributed by atoms with Crippen LogP contribution in [0.3, 0.4) is 0 Å². The van der Waals surface area contributed by atoms with Crippen molar-refractivity contribution in [2.24, 2.45) is 5.14 Å². The molecule has 6 nitrogen and oxygen atoms in total. The number of sulfonamides is 2. The summed E-state index contributed by atoms with van der Waals surface area (Å²) in [5.74, 6) is -1.16. The number of nitrogens with two attached hydrogens (primary N) is 1. The monoisotopic (exact) mass is 336 g/mol. The Hall–Kier alpha value is -1.29. The number of hydrogen-bond acceptors (Lipinski definition) is 4. The first-order chi connectivity index (χ1) is 9.64. The fourth-order valence-corrected chi connectivity index (χ4v) is 3.78. The Morgan fingerprint density at radius 3 is 2.38 bits per heavy atom. The molecule has 0 amide bonds. The van der Waals surface area contributed by atoms with Gasteiger partial charge in [0.1, 0.15) is 10.7 Å². The molecule has 0 unspecified atom stereocenters. The molecule has 9 heteroatoms. The third kappa shape index (κ3) is 4.10. The molecule has 0 heterocycles. The Morgan fingerprint density at radius 1 is 1.33 bits per heavy atom. The largest absolute Gasteiger partial charge is 0.246 e. The summed E-state index contributed by atoms with van der Waals surface area (Å²) in [5, 5.41) is 4.87. The molecule has 0 aliphatic heterocycles. The molecule has 1 aromatic rings. The highest BCUT2D eigenvalue weighted by Gasteiger charge is 2.27. The van der Waals surface area contributed by atoms with Crippen LogP contribution in [0.25, 0.3) is 0 Å². The first kappa shape index (κ1) is 17.8. The fraction of sp³-hybridized carbons (Fsp3) is 0.333. The van der Waals surface area contributed by atoms with Crippen LogP contribution in [0.4, 0.5) is 4.39 Å². The molecule has 0 aliphatic carbocycles. The summed E-state index contributed by atoms with van der Waals surface area (Å²) in [6.45, 7) is 5.48. The number of benzene rings is 1. The summed E-state index contributed by atoms with van der Waals surface area (Å²) in [7, 11) is -8.16. The second-order valence-corrected chi connectivity index (χ2v) is 7.76. The van der Waals surface area contributed by atoms with Gasteiger partial charge in [-0.15, -0.1) is 6.58 Å². The standard InChI is InChI=1S/C12H17FN2O4S2/c1-3-7-15(8-4-2)21(18,19)12-6-5-10(9-11(12)13)20(14,16)17/h3,5-6,9H,1,4,7-8H2,2H3,(H2,14,16,17). The highest BCUT2D eigenvalue weighted by Crippen LogP contribution is 2.22. The van der Waals surface area contributed by atoms with Crippen LogP contribution in [-0.4, -0.2) is 34.2 Å². The Morgan fingerprint density at radius 2 is 1.95 bits per heavy atom. The average molecular weight is 336 g/mol. The zero-order chi connectivity index (χ0) is 16.3. The molecule has 0 spiro atoms. The van der Waals surface area contributed by atoms with Gasteiger partial charge in [-0.25, -0.2) is 26.4 Å². The third-order valence-corrected chi connectivity index (χ3v) is 5.46. The lowest BCUT2D eigenvalue weighted by molar-refractivity contribution is 0.436. The van der Waals surface area contributed by atoms with E-state index >= 15 is 0 Å². The average Bonchev–Trinajstić information content (AvgIpc) is 2.37. The molecule has 21 heavy (non-hydrogen) atoms. The molecule has 0 bridgehead atoms. The lowest BCUT2D eigenvalue weighted by Crippen LogP contribution is -2.32. The second kappa shape index (κ2) is 6.65. The molecule has 118 valence electrons. The predicted molar refractivity (Wildman–Crippen MR) is 77.0 cm³/mol. The summed E-state index contributed by atoms with van der Waals surface area (Å²) < 4.78 is 62.0. The Kier molecular flexibility index (Phi) is 5.62. The van der Waals surface area contributed by atoms with Gasteiger partial charge in [0.05, 0.1) is 4.90 Å². The van der Waals surface area contributed by atoms with E-state index in [1.807, 2.05) is 0 Å². The molecule has 2 N–H and O–H groups in total. The second-order valence-electron chi connectivity index (χ2n) is 4.29. The minimum atomic E-state index is -4.09. The minimum absolute atomic E-state index is 0.0343. The van der Waals surface area contributed by atoms with Crippen LogP contribution in [0.15, 0.2) is 40.6 Å². The smallest absolute Gasteiger partial charge is 0.225 e. The SMILES string of the molecule is C=CCN(CCC)S(=O)(=O)c1ccc(S(N)(=O)=O)cc1F. The van der Waals surface area contributed by atoms with Crippen molar-refractivity contribution in [3.63, 3.8) is 0 Å². The highest BCUT2D eigenvalue weighted by molar-refractivity contribution is 7.89. The first-order valence-electron chi connectivity index (χ1n) is 6.08. The van der Waals surface area contributed by atoms with E-state index < -0.39 is 35.7 Å². The summed E-state index contributed by atoms with van der Waals surface area (Å²) in [5.41, 5.74) is 0. The summed E-state index contributed by atoms with van der Waals surface area (Å²) >= 11 is 0. The van der Waals surface area contributed by atoms with Crippen LogP contribution in [-0.2, 0) is 20.0 Å². The maximum absolute atomic E-state index is 14.0. The van der Waals surface area contributed by atoms with Crippen molar-refractivity contribution in [2.75, 3.05) is 13.1 Å². The van der Waals surface area contributed by atoms with Crippen molar-refractivity contribution in [3.8, 4) is 0 Å². The summed E-state index contributed by atoms with van der Waals surface area (Å²) in [4.78, 5) is -1.07. The Balaban J connectivity index is 3.35. The third-order valence-electron chi connectivity index (χ3n) is 2.66. The molecule has 0 radical (unpaired) electrons. The van der Waals surface area contributed by atoms with Gasteiger partial charge in [0.2, 0.25) is 20.0 Å². The van der Waals surface area contributed by atoms with Crippen LogP contribution in [0.5, 0.6) is 0 Å². The number of rotatable bonds is 7. The molecular weight excluding hydrogens is 319 g/mol. The van der Waals surface area contributed by atoms with Gasteiger partial charge in [-0.2, -0.15) is 4.31 Å². The van der Waals surface area contributed by atoms with E-state index in [0.717, 1.165) is 16.4 Å². The van der Waals surface area contributed by atoms with Gasteiger partial charge in [-0.1, -0.05) is 13.0 Å². The van der Waals surface area contributed by atoms with Crippen LogP contribution >= 0.6 is 0 Å². The van der Waals surface area contributed by atoms with Gasteiger partial charge < -0.3 is 0 Å². The van der Waals surface area contributed by atoms with E-state index in [4.69, 9.17) is 5.14 Å².